The Kier molecular flexibility index (Phi) is 4.56. The van der Waals surface area contributed by atoms with Crippen molar-refractivity contribution < 1.29 is 9.21 Å². The molecule has 24 heavy (non-hydrogen) atoms. The summed E-state index contributed by atoms with van der Waals surface area (Å²) in [7, 11) is 0. The number of amides is 1. The molecule has 0 aliphatic carbocycles. The van der Waals surface area contributed by atoms with Crippen LogP contribution >= 0.6 is 0 Å². The van der Waals surface area contributed by atoms with Crippen LogP contribution < -0.4 is 10.6 Å². The molecular weight excluding hydrogens is 304 g/mol. The summed E-state index contributed by atoms with van der Waals surface area (Å²) in [5.41, 5.74) is 3.23. The zero-order valence-corrected chi connectivity index (χ0v) is 13.5. The van der Waals surface area contributed by atoms with E-state index >= 15 is 0 Å². The molecule has 0 aliphatic heterocycles. The number of rotatable bonds is 5. The molecule has 3 rings (SSSR count). The Bertz CT molecular complexity index is 824. The normalized spacial score (nSPS) is 10.4. The lowest BCUT2D eigenvalue weighted by molar-refractivity contribution is 0.102. The molecule has 2 heterocycles. The fourth-order valence-corrected chi connectivity index (χ4v) is 2.41. The summed E-state index contributed by atoms with van der Waals surface area (Å²) in [5.74, 6) is 1.07. The van der Waals surface area contributed by atoms with Crippen LogP contribution in [0.25, 0.3) is 0 Å². The Morgan fingerprint density at radius 1 is 1.12 bits per heavy atom. The van der Waals surface area contributed by atoms with Gasteiger partial charge in [-0.2, -0.15) is 0 Å². The van der Waals surface area contributed by atoms with Gasteiger partial charge in [0, 0.05) is 11.8 Å². The van der Waals surface area contributed by atoms with E-state index < -0.39 is 0 Å². The first-order valence-corrected chi connectivity index (χ1v) is 7.58. The Balaban J connectivity index is 1.69. The topological polar surface area (TPSA) is 80.0 Å². The Morgan fingerprint density at radius 3 is 2.62 bits per heavy atom. The largest absolute Gasteiger partial charge is 0.467 e. The molecule has 6 nitrogen and oxygen atoms in total. The number of aromatic nitrogens is 2. The van der Waals surface area contributed by atoms with Crippen LogP contribution in [-0.4, -0.2) is 15.9 Å². The maximum Gasteiger partial charge on any atom is 0.274 e. The average molecular weight is 322 g/mol. The number of benzene rings is 1. The lowest BCUT2D eigenvalue weighted by Crippen LogP contribution is -2.15. The molecule has 0 fully saturated rings. The second-order valence-electron chi connectivity index (χ2n) is 5.55. The molecule has 0 unspecified atom stereocenters. The summed E-state index contributed by atoms with van der Waals surface area (Å²) in [6.07, 6.45) is 2.97. The van der Waals surface area contributed by atoms with E-state index in [1.54, 1.807) is 12.3 Å². The molecule has 0 spiro atoms. The second-order valence-corrected chi connectivity index (χ2v) is 5.55. The average Bonchev–Trinajstić information content (AvgIpc) is 3.05. The predicted molar refractivity (Wildman–Crippen MR) is 91.9 cm³/mol. The monoisotopic (exact) mass is 322 g/mol. The SMILES string of the molecule is Cc1cc(C)cc(NC(=O)c2cc(NCc3ccco3)ncn2)c1. The molecule has 0 bridgehead atoms. The summed E-state index contributed by atoms with van der Waals surface area (Å²) in [6, 6.07) is 11.2. The van der Waals surface area contributed by atoms with Crippen LogP contribution in [0.15, 0.2) is 53.4 Å². The maximum absolute atomic E-state index is 12.4. The number of furan rings is 1. The van der Waals surface area contributed by atoms with Crippen molar-refractivity contribution in [3.63, 3.8) is 0 Å². The Hall–Kier alpha value is -3.15. The van der Waals surface area contributed by atoms with Gasteiger partial charge < -0.3 is 15.1 Å². The minimum absolute atomic E-state index is 0.275. The van der Waals surface area contributed by atoms with Crippen LogP contribution in [0.4, 0.5) is 11.5 Å². The lowest BCUT2D eigenvalue weighted by Gasteiger charge is -2.08. The van der Waals surface area contributed by atoms with Crippen molar-refractivity contribution in [3.8, 4) is 0 Å². The van der Waals surface area contributed by atoms with Crippen LogP contribution in [0.1, 0.15) is 27.4 Å². The van der Waals surface area contributed by atoms with Crippen LogP contribution in [0.3, 0.4) is 0 Å². The van der Waals surface area contributed by atoms with Crippen molar-refractivity contribution in [2.45, 2.75) is 20.4 Å². The number of carbonyl (C=O) groups excluding carboxylic acids is 1. The fourth-order valence-electron chi connectivity index (χ4n) is 2.41. The molecule has 0 aliphatic rings. The highest BCUT2D eigenvalue weighted by molar-refractivity contribution is 6.03. The molecule has 0 saturated carbocycles. The molecule has 1 amide bonds. The predicted octanol–water partition coefficient (Wildman–Crippen LogP) is 3.55. The molecule has 3 aromatic rings. The summed E-state index contributed by atoms with van der Waals surface area (Å²) in [4.78, 5) is 20.5. The standard InChI is InChI=1S/C18H18N4O2/c1-12-6-13(2)8-14(7-12)22-18(23)16-9-17(21-11-20-16)19-10-15-4-3-5-24-15/h3-9,11H,10H2,1-2H3,(H,22,23)(H,19,20,21). The molecule has 0 atom stereocenters. The molecule has 2 aromatic heterocycles. The van der Waals surface area contributed by atoms with Crippen LogP contribution in [-0.2, 0) is 6.54 Å². The van der Waals surface area contributed by atoms with Gasteiger partial charge in [0.1, 0.15) is 23.6 Å². The van der Waals surface area contributed by atoms with Gasteiger partial charge in [-0.1, -0.05) is 6.07 Å². The van der Waals surface area contributed by atoms with Gasteiger partial charge in [0.25, 0.3) is 5.91 Å². The smallest absolute Gasteiger partial charge is 0.274 e. The van der Waals surface area contributed by atoms with Crippen LogP contribution in [0, 0.1) is 13.8 Å². The lowest BCUT2D eigenvalue weighted by atomic mass is 10.1. The highest BCUT2D eigenvalue weighted by Crippen LogP contribution is 2.15. The maximum atomic E-state index is 12.4. The third-order valence-corrected chi connectivity index (χ3v) is 3.40. The first-order valence-electron chi connectivity index (χ1n) is 7.58. The van der Waals surface area contributed by atoms with Crippen molar-refractivity contribution in [3.05, 3.63) is 71.6 Å². The van der Waals surface area contributed by atoms with Gasteiger partial charge in [-0.3, -0.25) is 4.79 Å². The molecule has 1 aromatic carbocycles. The van der Waals surface area contributed by atoms with Gasteiger partial charge in [0.2, 0.25) is 0 Å². The number of hydrogen-bond acceptors (Lipinski definition) is 5. The zero-order chi connectivity index (χ0) is 16.9. The van der Waals surface area contributed by atoms with E-state index in [1.807, 2.05) is 38.1 Å². The van der Waals surface area contributed by atoms with Crippen LogP contribution in [0.2, 0.25) is 0 Å². The molecule has 0 radical (unpaired) electrons. The van der Waals surface area contributed by atoms with Crippen molar-refractivity contribution in [2.75, 3.05) is 10.6 Å². The van der Waals surface area contributed by atoms with Gasteiger partial charge >= 0.3 is 0 Å². The first-order chi connectivity index (χ1) is 11.6. The molecule has 0 saturated heterocycles. The van der Waals surface area contributed by atoms with E-state index in [0.717, 1.165) is 22.6 Å². The number of nitrogens with one attached hydrogen (secondary N) is 2. The highest BCUT2D eigenvalue weighted by atomic mass is 16.3. The number of carbonyl (C=O) groups is 1. The van der Waals surface area contributed by atoms with Gasteiger partial charge in [-0.05, 0) is 49.2 Å². The van der Waals surface area contributed by atoms with Gasteiger partial charge in [-0.25, -0.2) is 9.97 Å². The van der Waals surface area contributed by atoms with Crippen molar-refractivity contribution in [2.24, 2.45) is 0 Å². The van der Waals surface area contributed by atoms with E-state index in [4.69, 9.17) is 4.42 Å². The van der Waals surface area contributed by atoms with Crippen LogP contribution in [0.5, 0.6) is 0 Å². The van der Waals surface area contributed by atoms with E-state index in [2.05, 4.69) is 26.7 Å². The summed E-state index contributed by atoms with van der Waals surface area (Å²) in [6.45, 7) is 4.47. The van der Waals surface area contributed by atoms with Crippen molar-refractivity contribution in [1.82, 2.24) is 9.97 Å². The summed E-state index contributed by atoms with van der Waals surface area (Å²) in [5, 5.41) is 5.96. The van der Waals surface area contributed by atoms with Gasteiger partial charge in [0.15, 0.2) is 0 Å². The molecule has 6 heteroatoms. The number of anilines is 2. The van der Waals surface area contributed by atoms with E-state index in [-0.39, 0.29) is 5.91 Å². The Labute approximate surface area is 140 Å². The fraction of sp³-hybridized carbons (Fsp3) is 0.167. The zero-order valence-electron chi connectivity index (χ0n) is 13.5. The van der Waals surface area contributed by atoms with E-state index in [0.29, 0.717) is 18.1 Å². The number of aryl methyl sites for hydroxylation is 2. The summed E-state index contributed by atoms with van der Waals surface area (Å²) >= 11 is 0. The second kappa shape index (κ2) is 6.95. The highest BCUT2D eigenvalue weighted by Gasteiger charge is 2.10. The van der Waals surface area contributed by atoms with Gasteiger partial charge in [0.05, 0.1) is 12.8 Å². The number of hydrogen-bond donors (Lipinski definition) is 2. The van der Waals surface area contributed by atoms with Crippen molar-refractivity contribution >= 4 is 17.4 Å². The summed E-state index contributed by atoms with van der Waals surface area (Å²) < 4.78 is 5.25. The van der Waals surface area contributed by atoms with Crippen molar-refractivity contribution in [1.29, 1.82) is 0 Å². The molecular formula is C18H18N4O2. The minimum Gasteiger partial charge on any atom is -0.467 e. The molecule has 2 N–H and O–H groups in total. The third kappa shape index (κ3) is 3.98. The Morgan fingerprint density at radius 2 is 1.92 bits per heavy atom. The van der Waals surface area contributed by atoms with E-state index in [9.17, 15) is 4.79 Å². The molecule has 122 valence electrons. The van der Waals surface area contributed by atoms with Gasteiger partial charge in [-0.15, -0.1) is 0 Å². The first kappa shape index (κ1) is 15.7. The van der Waals surface area contributed by atoms with E-state index in [1.165, 1.54) is 6.33 Å². The number of nitrogens with zero attached hydrogens (tertiary/aromatic N) is 2. The quantitative estimate of drug-likeness (QED) is 0.751. The minimum atomic E-state index is -0.275. The third-order valence-electron chi connectivity index (χ3n) is 3.40.